The van der Waals surface area contributed by atoms with Gasteiger partial charge in [0, 0.05) is 6.54 Å². The van der Waals surface area contributed by atoms with Crippen LogP contribution in [0.3, 0.4) is 0 Å². The molecule has 0 aliphatic heterocycles. The first-order valence-electron chi connectivity index (χ1n) is 8.32. The van der Waals surface area contributed by atoms with Crippen molar-refractivity contribution in [2.24, 2.45) is 0 Å². The van der Waals surface area contributed by atoms with Crippen molar-refractivity contribution >= 4 is 5.69 Å². The van der Waals surface area contributed by atoms with Crippen molar-refractivity contribution in [1.29, 1.82) is 0 Å². The Kier molecular flexibility index (Phi) is 8.17. The van der Waals surface area contributed by atoms with Gasteiger partial charge in [-0.15, -0.1) is 0 Å². The number of unbranched alkanes of at least 4 members (excludes halogenated alkanes) is 3. The summed E-state index contributed by atoms with van der Waals surface area (Å²) >= 11 is 0. The number of aryl methyl sites for hydroxylation is 1. The van der Waals surface area contributed by atoms with Gasteiger partial charge in [0.2, 0.25) is 0 Å². The van der Waals surface area contributed by atoms with E-state index in [1.807, 2.05) is 6.07 Å². The Bertz CT molecular complexity index is 387. The van der Waals surface area contributed by atoms with E-state index in [4.69, 9.17) is 0 Å². The molecule has 0 atom stereocenters. The number of hydrogen-bond acceptors (Lipinski definition) is 2. The second-order valence-electron chi connectivity index (χ2n) is 5.58. The third-order valence-electron chi connectivity index (χ3n) is 3.80. The summed E-state index contributed by atoms with van der Waals surface area (Å²) in [6, 6.07) is 3.97. The van der Waals surface area contributed by atoms with Gasteiger partial charge in [-0.1, -0.05) is 46.1 Å². The number of phenolic OH excluding ortho intramolecular Hbond substituents is 1. The molecule has 0 saturated heterocycles. The van der Waals surface area contributed by atoms with Crippen molar-refractivity contribution in [2.75, 3.05) is 11.9 Å². The molecule has 0 spiro atoms. The maximum atomic E-state index is 10.2. The van der Waals surface area contributed by atoms with Crippen molar-refractivity contribution in [3.63, 3.8) is 0 Å². The van der Waals surface area contributed by atoms with E-state index in [-0.39, 0.29) is 0 Å². The third kappa shape index (κ3) is 5.07. The van der Waals surface area contributed by atoms with Gasteiger partial charge in [0.05, 0.1) is 5.69 Å². The first-order valence-corrected chi connectivity index (χ1v) is 8.32. The van der Waals surface area contributed by atoms with Crippen LogP contribution in [0.1, 0.15) is 70.4 Å². The van der Waals surface area contributed by atoms with Crippen LogP contribution in [0.2, 0.25) is 0 Å². The highest BCUT2D eigenvalue weighted by Crippen LogP contribution is 2.32. The lowest BCUT2D eigenvalue weighted by molar-refractivity contribution is 0.476. The maximum absolute atomic E-state index is 10.2. The molecule has 2 N–H and O–H groups in total. The molecule has 0 radical (unpaired) electrons. The van der Waals surface area contributed by atoms with Crippen LogP contribution in [0, 0.1) is 0 Å². The minimum absolute atomic E-state index is 0.410. The molecular weight excluding hydrogens is 246 g/mol. The zero-order valence-corrected chi connectivity index (χ0v) is 13.5. The van der Waals surface area contributed by atoms with Crippen molar-refractivity contribution < 1.29 is 5.11 Å². The Morgan fingerprint density at radius 1 is 0.900 bits per heavy atom. The molecule has 114 valence electrons. The maximum Gasteiger partial charge on any atom is 0.138 e. The lowest BCUT2D eigenvalue weighted by Gasteiger charge is -2.18. The molecule has 0 heterocycles. The predicted molar refractivity (Wildman–Crippen MR) is 88.7 cm³/mol. The molecule has 0 saturated carbocycles. The molecule has 0 unspecified atom stereocenters. The highest BCUT2D eigenvalue weighted by Gasteiger charge is 2.12. The second kappa shape index (κ2) is 9.68. The smallest absolute Gasteiger partial charge is 0.138 e. The number of anilines is 1. The van der Waals surface area contributed by atoms with Gasteiger partial charge in [-0.3, -0.25) is 0 Å². The van der Waals surface area contributed by atoms with Crippen LogP contribution in [0.4, 0.5) is 5.69 Å². The lowest BCUT2D eigenvalue weighted by atomic mass is 9.95. The van der Waals surface area contributed by atoms with Crippen LogP contribution in [0.5, 0.6) is 5.75 Å². The number of nitrogens with one attached hydrogen (secondary N) is 1. The lowest BCUT2D eigenvalue weighted by Crippen LogP contribution is -2.07. The van der Waals surface area contributed by atoms with Gasteiger partial charge in [-0.05, 0) is 49.3 Å². The molecule has 1 aromatic carbocycles. The molecule has 0 amide bonds. The topological polar surface area (TPSA) is 32.3 Å². The van der Waals surface area contributed by atoms with Crippen LogP contribution in [-0.4, -0.2) is 11.7 Å². The molecule has 2 nitrogen and oxygen atoms in total. The molecule has 0 bridgehead atoms. The van der Waals surface area contributed by atoms with E-state index in [0.717, 1.165) is 31.5 Å². The molecule has 0 aliphatic carbocycles. The highest BCUT2D eigenvalue weighted by atomic mass is 16.3. The summed E-state index contributed by atoms with van der Waals surface area (Å²) in [6.45, 7) is 7.59. The fourth-order valence-electron chi connectivity index (χ4n) is 2.51. The number of aromatic hydroxyl groups is 1. The first-order chi connectivity index (χ1) is 9.74. The van der Waals surface area contributed by atoms with E-state index in [9.17, 15) is 5.11 Å². The zero-order valence-electron chi connectivity index (χ0n) is 13.5. The van der Waals surface area contributed by atoms with Crippen molar-refractivity contribution in [3.8, 4) is 5.75 Å². The summed E-state index contributed by atoms with van der Waals surface area (Å²) in [5.74, 6) is 0.410. The van der Waals surface area contributed by atoms with E-state index in [2.05, 4.69) is 32.2 Å². The van der Waals surface area contributed by atoms with Crippen LogP contribution in [-0.2, 0) is 12.8 Å². The summed E-state index contributed by atoms with van der Waals surface area (Å²) in [5.41, 5.74) is 3.74. The van der Waals surface area contributed by atoms with E-state index < -0.39 is 0 Å². The molecule has 0 aliphatic rings. The third-order valence-corrected chi connectivity index (χ3v) is 3.80. The summed E-state index contributed by atoms with van der Waals surface area (Å²) in [7, 11) is 0. The monoisotopic (exact) mass is 277 g/mol. The van der Waals surface area contributed by atoms with Crippen LogP contribution in [0.25, 0.3) is 0 Å². The SMILES string of the molecule is CCCCNc1c(O)ccc(CCCC)c1CCCC. The Hall–Kier alpha value is -1.18. The van der Waals surface area contributed by atoms with Gasteiger partial charge >= 0.3 is 0 Å². The normalized spacial score (nSPS) is 10.8. The molecule has 2 heteroatoms. The minimum atomic E-state index is 0.410. The second-order valence-corrected chi connectivity index (χ2v) is 5.58. The van der Waals surface area contributed by atoms with Gasteiger partial charge in [-0.25, -0.2) is 0 Å². The standard InChI is InChI=1S/C18H31NO/c1-4-7-10-15-12-13-17(20)18(19-14-9-6-3)16(15)11-8-5-2/h12-13,19-20H,4-11,14H2,1-3H3. The average molecular weight is 277 g/mol. The number of hydrogen-bond donors (Lipinski definition) is 2. The van der Waals surface area contributed by atoms with Gasteiger partial charge in [0.15, 0.2) is 0 Å². The Morgan fingerprint density at radius 2 is 1.55 bits per heavy atom. The summed E-state index contributed by atoms with van der Waals surface area (Å²) < 4.78 is 0. The number of phenols is 1. The summed E-state index contributed by atoms with van der Waals surface area (Å²) in [5, 5.41) is 13.6. The predicted octanol–water partition coefficient (Wildman–Crippen LogP) is 5.29. The molecule has 1 aromatic rings. The van der Waals surface area contributed by atoms with E-state index in [1.165, 1.54) is 43.2 Å². The van der Waals surface area contributed by atoms with Gasteiger partial charge < -0.3 is 10.4 Å². The Morgan fingerprint density at radius 3 is 2.20 bits per heavy atom. The molecular formula is C18H31NO. The van der Waals surface area contributed by atoms with E-state index in [0.29, 0.717) is 5.75 Å². The van der Waals surface area contributed by atoms with Gasteiger partial charge in [0.25, 0.3) is 0 Å². The Labute approximate surface area is 124 Å². The fraction of sp³-hybridized carbons (Fsp3) is 0.667. The molecule has 0 aromatic heterocycles. The molecule has 1 rings (SSSR count). The van der Waals surface area contributed by atoms with Crippen molar-refractivity contribution in [3.05, 3.63) is 23.3 Å². The van der Waals surface area contributed by atoms with E-state index >= 15 is 0 Å². The zero-order chi connectivity index (χ0) is 14.8. The van der Waals surface area contributed by atoms with Crippen LogP contribution >= 0.6 is 0 Å². The molecule has 20 heavy (non-hydrogen) atoms. The number of benzene rings is 1. The van der Waals surface area contributed by atoms with Crippen molar-refractivity contribution in [2.45, 2.75) is 72.1 Å². The molecule has 0 fully saturated rings. The quantitative estimate of drug-likeness (QED) is 0.450. The van der Waals surface area contributed by atoms with E-state index in [1.54, 1.807) is 0 Å². The van der Waals surface area contributed by atoms with Crippen LogP contribution < -0.4 is 5.32 Å². The van der Waals surface area contributed by atoms with Gasteiger partial charge in [0.1, 0.15) is 5.75 Å². The average Bonchev–Trinajstić information content (AvgIpc) is 2.46. The minimum Gasteiger partial charge on any atom is -0.506 e. The highest BCUT2D eigenvalue weighted by molar-refractivity contribution is 5.64. The van der Waals surface area contributed by atoms with Crippen molar-refractivity contribution in [1.82, 2.24) is 0 Å². The van der Waals surface area contributed by atoms with Gasteiger partial charge in [-0.2, -0.15) is 0 Å². The largest absolute Gasteiger partial charge is 0.506 e. The number of rotatable bonds is 10. The summed E-state index contributed by atoms with van der Waals surface area (Å²) in [6.07, 6.45) is 9.32. The fourth-order valence-corrected chi connectivity index (χ4v) is 2.51. The Balaban J connectivity index is 2.95. The summed E-state index contributed by atoms with van der Waals surface area (Å²) in [4.78, 5) is 0. The van der Waals surface area contributed by atoms with Crippen LogP contribution in [0.15, 0.2) is 12.1 Å². The first kappa shape index (κ1) is 16.9.